The molecular formula is C16H12N4OS. The molecule has 0 bridgehead atoms. The standard InChI is InChI=1S/C16H12N4OS/c1-22-15-17-8-7-12(18-15)14-13(11-5-3-2-4-6-11)19-16-20(14)9-10-21-16/h2-10H,1H3. The molecule has 0 saturated carbocycles. The van der Waals surface area contributed by atoms with E-state index < -0.39 is 0 Å². The minimum absolute atomic E-state index is 0.554. The van der Waals surface area contributed by atoms with Crippen LogP contribution in [0.15, 0.2) is 64.6 Å². The lowest BCUT2D eigenvalue weighted by Gasteiger charge is -2.04. The molecule has 0 N–H and O–H groups in total. The summed E-state index contributed by atoms with van der Waals surface area (Å²) in [7, 11) is 0. The van der Waals surface area contributed by atoms with Gasteiger partial charge < -0.3 is 4.42 Å². The van der Waals surface area contributed by atoms with E-state index in [9.17, 15) is 0 Å². The molecule has 5 nitrogen and oxygen atoms in total. The highest BCUT2D eigenvalue weighted by Gasteiger charge is 2.18. The lowest BCUT2D eigenvalue weighted by molar-refractivity contribution is 0.596. The predicted molar refractivity (Wildman–Crippen MR) is 85.7 cm³/mol. The Kier molecular flexibility index (Phi) is 3.16. The number of hydrogen-bond acceptors (Lipinski definition) is 5. The van der Waals surface area contributed by atoms with Crippen LogP contribution in [0.5, 0.6) is 0 Å². The Bertz CT molecular complexity index is 930. The van der Waals surface area contributed by atoms with Gasteiger partial charge in [0, 0.05) is 18.0 Å². The van der Waals surface area contributed by atoms with E-state index in [1.54, 1.807) is 12.5 Å². The zero-order valence-electron chi connectivity index (χ0n) is 11.8. The molecule has 0 unspecified atom stereocenters. The van der Waals surface area contributed by atoms with Gasteiger partial charge in [-0.3, -0.25) is 4.40 Å². The summed E-state index contributed by atoms with van der Waals surface area (Å²) >= 11 is 1.51. The molecule has 3 heterocycles. The minimum Gasteiger partial charge on any atom is -0.432 e. The molecule has 0 atom stereocenters. The van der Waals surface area contributed by atoms with Crippen LogP contribution in [0.2, 0.25) is 0 Å². The fourth-order valence-corrected chi connectivity index (χ4v) is 2.75. The number of hydrogen-bond donors (Lipinski definition) is 0. The van der Waals surface area contributed by atoms with Crippen molar-refractivity contribution in [3.63, 3.8) is 0 Å². The van der Waals surface area contributed by atoms with Gasteiger partial charge in [0.1, 0.15) is 17.7 Å². The number of thioether (sulfide) groups is 1. The van der Waals surface area contributed by atoms with Gasteiger partial charge in [-0.25, -0.2) is 9.97 Å². The minimum atomic E-state index is 0.554. The van der Waals surface area contributed by atoms with E-state index in [4.69, 9.17) is 4.42 Å². The SMILES string of the molecule is CSc1nccc(-c2c(-c3ccccc3)nc3occn23)n1. The smallest absolute Gasteiger partial charge is 0.306 e. The topological polar surface area (TPSA) is 56.2 Å². The van der Waals surface area contributed by atoms with E-state index in [-0.39, 0.29) is 0 Å². The maximum atomic E-state index is 5.44. The average molecular weight is 308 g/mol. The monoisotopic (exact) mass is 308 g/mol. The second-order valence-electron chi connectivity index (χ2n) is 4.66. The lowest BCUT2D eigenvalue weighted by Crippen LogP contribution is -1.93. The Hall–Kier alpha value is -2.60. The van der Waals surface area contributed by atoms with Crippen molar-refractivity contribution in [3.8, 4) is 22.6 Å². The van der Waals surface area contributed by atoms with Crippen molar-refractivity contribution < 1.29 is 4.42 Å². The van der Waals surface area contributed by atoms with Crippen molar-refractivity contribution in [3.05, 3.63) is 55.1 Å². The first-order valence-corrected chi connectivity index (χ1v) is 7.97. The number of nitrogens with zero attached hydrogens (tertiary/aromatic N) is 4. The maximum absolute atomic E-state index is 5.44. The van der Waals surface area contributed by atoms with E-state index in [0.29, 0.717) is 5.84 Å². The van der Waals surface area contributed by atoms with Gasteiger partial charge in [-0.1, -0.05) is 42.1 Å². The van der Waals surface area contributed by atoms with Crippen molar-refractivity contribution in [1.82, 2.24) is 19.4 Å². The van der Waals surface area contributed by atoms with Crippen molar-refractivity contribution in [2.24, 2.45) is 0 Å². The molecule has 108 valence electrons. The van der Waals surface area contributed by atoms with Gasteiger partial charge in [0.05, 0.1) is 5.69 Å². The lowest BCUT2D eigenvalue weighted by atomic mass is 10.1. The van der Waals surface area contributed by atoms with Crippen molar-refractivity contribution in [2.75, 3.05) is 6.26 Å². The van der Waals surface area contributed by atoms with Crippen LogP contribution >= 0.6 is 11.8 Å². The molecule has 4 rings (SSSR count). The van der Waals surface area contributed by atoms with Gasteiger partial charge in [-0.2, -0.15) is 4.98 Å². The Morgan fingerprint density at radius 2 is 1.95 bits per heavy atom. The number of rotatable bonds is 3. The predicted octanol–water partition coefficient (Wildman–Crippen LogP) is 3.77. The van der Waals surface area contributed by atoms with Crippen LogP contribution < -0.4 is 0 Å². The number of fused-ring (bicyclic) bond motifs is 1. The third kappa shape index (κ3) is 2.08. The highest BCUT2D eigenvalue weighted by Crippen LogP contribution is 2.32. The number of imidazole rings is 1. The van der Waals surface area contributed by atoms with E-state index in [1.807, 2.05) is 53.3 Å². The van der Waals surface area contributed by atoms with Crippen molar-refractivity contribution in [1.29, 1.82) is 0 Å². The second-order valence-corrected chi connectivity index (χ2v) is 5.43. The largest absolute Gasteiger partial charge is 0.432 e. The first-order valence-electron chi connectivity index (χ1n) is 6.75. The highest BCUT2D eigenvalue weighted by molar-refractivity contribution is 7.98. The van der Waals surface area contributed by atoms with Gasteiger partial charge in [-0.05, 0) is 12.3 Å². The van der Waals surface area contributed by atoms with Gasteiger partial charge in [-0.15, -0.1) is 0 Å². The van der Waals surface area contributed by atoms with Crippen LogP contribution in [0.3, 0.4) is 0 Å². The molecule has 0 aliphatic heterocycles. The van der Waals surface area contributed by atoms with E-state index in [0.717, 1.165) is 27.8 Å². The Labute approximate surface area is 131 Å². The van der Waals surface area contributed by atoms with Gasteiger partial charge in [0.15, 0.2) is 5.16 Å². The summed E-state index contributed by atoms with van der Waals surface area (Å²) in [5.41, 5.74) is 3.62. The van der Waals surface area contributed by atoms with Crippen LogP contribution in [-0.2, 0) is 0 Å². The van der Waals surface area contributed by atoms with Crippen LogP contribution in [0, 0.1) is 0 Å². The second kappa shape index (κ2) is 5.31. The molecule has 6 heteroatoms. The summed E-state index contributed by atoms with van der Waals surface area (Å²) in [5, 5.41) is 0.731. The zero-order chi connectivity index (χ0) is 14.9. The molecule has 0 aliphatic rings. The molecule has 0 aliphatic carbocycles. The summed E-state index contributed by atoms with van der Waals surface area (Å²) < 4.78 is 7.35. The van der Waals surface area contributed by atoms with Gasteiger partial charge >= 0.3 is 5.84 Å². The molecule has 0 saturated heterocycles. The molecular weight excluding hydrogens is 296 g/mol. The van der Waals surface area contributed by atoms with Crippen molar-refractivity contribution >= 4 is 17.6 Å². The first-order chi connectivity index (χ1) is 10.9. The van der Waals surface area contributed by atoms with Crippen LogP contribution in [-0.4, -0.2) is 25.6 Å². The highest BCUT2D eigenvalue weighted by atomic mass is 32.2. The Morgan fingerprint density at radius 1 is 1.09 bits per heavy atom. The van der Waals surface area contributed by atoms with Crippen LogP contribution in [0.4, 0.5) is 0 Å². The fraction of sp³-hybridized carbons (Fsp3) is 0.0625. The maximum Gasteiger partial charge on any atom is 0.306 e. The van der Waals surface area contributed by atoms with Crippen molar-refractivity contribution in [2.45, 2.75) is 5.16 Å². The van der Waals surface area contributed by atoms with E-state index in [1.165, 1.54) is 11.8 Å². The third-order valence-electron chi connectivity index (χ3n) is 3.37. The molecule has 0 fully saturated rings. The molecule has 22 heavy (non-hydrogen) atoms. The number of aromatic nitrogens is 4. The molecule has 3 aromatic heterocycles. The Morgan fingerprint density at radius 3 is 2.77 bits per heavy atom. The molecule has 0 spiro atoms. The third-order valence-corrected chi connectivity index (χ3v) is 3.93. The normalized spacial score (nSPS) is 11.1. The first kappa shape index (κ1) is 13.1. The van der Waals surface area contributed by atoms with E-state index >= 15 is 0 Å². The summed E-state index contributed by atoms with van der Waals surface area (Å²) in [6, 6.07) is 11.9. The summed E-state index contributed by atoms with van der Waals surface area (Å²) in [6.45, 7) is 0. The molecule has 0 amide bonds. The summed E-state index contributed by atoms with van der Waals surface area (Å²) in [6.07, 6.45) is 7.20. The quantitative estimate of drug-likeness (QED) is 0.426. The number of oxazole rings is 1. The molecule has 4 aromatic rings. The summed E-state index contributed by atoms with van der Waals surface area (Å²) in [4.78, 5) is 13.4. The average Bonchev–Trinajstić information content (AvgIpc) is 3.16. The van der Waals surface area contributed by atoms with Crippen LogP contribution in [0.1, 0.15) is 0 Å². The van der Waals surface area contributed by atoms with Crippen LogP contribution in [0.25, 0.3) is 28.5 Å². The van der Waals surface area contributed by atoms with E-state index in [2.05, 4.69) is 15.0 Å². The van der Waals surface area contributed by atoms with Gasteiger partial charge in [0.25, 0.3) is 0 Å². The molecule has 1 aromatic carbocycles. The zero-order valence-corrected chi connectivity index (χ0v) is 12.6. The summed E-state index contributed by atoms with van der Waals surface area (Å²) in [5.74, 6) is 0.554. The Balaban J connectivity index is 2.00. The van der Waals surface area contributed by atoms with Gasteiger partial charge in [0.2, 0.25) is 0 Å². The number of benzene rings is 1. The molecule has 0 radical (unpaired) electrons. The fourth-order valence-electron chi connectivity index (χ4n) is 2.40.